The monoisotopic (exact) mass is 465 g/mol. The maximum atomic E-state index is 12.1. The molecule has 26 heavy (non-hydrogen) atoms. The first kappa shape index (κ1) is 19.8. The fourth-order valence-corrected chi connectivity index (χ4v) is 5.89. The predicted molar refractivity (Wildman–Crippen MR) is 102 cm³/mol. The SMILES string of the molecule is CCOC(C)c1nc(-c2nn(C)c(Cl)c2Br)n(C2(C)CCS(=O)(=O)C2)n1. The van der Waals surface area contributed by atoms with Crippen molar-refractivity contribution in [1.29, 1.82) is 0 Å². The molecule has 0 radical (unpaired) electrons. The first-order chi connectivity index (χ1) is 12.1. The number of ether oxygens (including phenoxy) is 1. The van der Waals surface area contributed by atoms with Crippen LogP contribution in [0.5, 0.6) is 0 Å². The van der Waals surface area contributed by atoms with Gasteiger partial charge in [0.2, 0.25) is 0 Å². The van der Waals surface area contributed by atoms with Crippen LogP contribution in [-0.2, 0) is 27.2 Å². The van der Waals surface area contributed by atoms with E-state index in [2.05, 4.69) is 31.1 Å². The molecule has 8 nitrogen and oxygen atoms in total. The van der Waals surface area contributed by atoms with Gasteiger partial charge in [0.1, 0.15) is 17.0 Å². The zero-order valence-electron chi connectivity index (χ0n) is 15.0. The summed E-state index contributed by atoms with van der Waals surface area (Å²) in [4.78, 5) is 4.62. The molecule has 0 bridgehead atoms. The smallest absolute Gasteiger partial charge is 0.180 e. The number of rotatable bonds is 5. The molecule has 3 rings (SSSR count). The van der Waals surface area contributed by atoms with Crippen molar-refractivity contribution in [1.82, 2.24) is 24.5 Å². The van der Waals surface area contributed by atoms with E-state index in [0.717, 1.165) is 0 Å². The number of aryl methyl sites for hydroxylation is 1. The van der Waals surface area contributed by atoms with Gasteiger partial charge >= 0.3 is 0 Å². The van der Waals surface area contributed by atoms with Gasteiger partial charge in [-0.3, -0.25) is 4.68 Å². The molecule has 1 aliphatic rings. The molecule has 2 unspecified atom stereocenters. The maximum Gasteiger partial charge on any atom is 0.180 e. The molecule has 2 aromatic rings. The van der Waals surface area contributed by atoms with Crippen molar-refractivity contribution in [3.63, 3.8) is 0 Å². The minimum Gasteiger partial charge on any atom is -0.371 e. The lowest BCUT2D eigenvalue weighted by Gasteiger charge is -2.24. The van der Waals surface area contributed by atoms with Crippen molar-refractivity contribution in [2.24, 2.45) is 7.05 Å². The zero-order valence-corrected chi connectivity index (χ0v) is 18.2. The van der Waals surface area contributed by atoms with Gasteiger partial charge in [-0.15, -0.1) is 0 Å². The fourth-order valence-electron chi connectivity index (χ4n) is 3.14. The third-order valence-corrected chi connectivity index (χ3v) is 7.83. The van der Waals surface area contributed by atoms with E-state index in [1.807, 2.05) is 20.8 Å². The van der Waals surface area contributed by atoms with Gasteiger partial charge in [-0.25, -0.2) is 18.1 Å². The number of hydrogen-bond donors (Lipinski definition) is 0. The third kappa shape index (κ3) is 3.44. The van der Waals surface area contributed by atoms with Crippen LogP contribution in [0.1, 0.15) is 39.1 Å². The van der Waals surface area contributed by atoms with E-state index in [1.54, 1.807) is 11.7 Å². The Kier molecular flexibility index (Phi) is 5.24. The molecule has 0 saturated carbocycles. The van der Waals surface area contributed by atoms with Crippen molar-refractivity contribution in [2.45, 2.75) is 38.8 Å². The van der Waals surface area contributed by atoms with Crippen LogP contribution in [0.2, 0.25) is 5.15 Å². The normalized spacial score (nSPS) is 23.5. The lowest BCUT2D eigenvalue weighted by molar-refractivity contribution is 0.0695. The average molecular weight is 467 g/mol. The number of sulfone groups is 1. The van der Waals surface area contributed by atoms with E-state index in [9.17, 15) is 8.42 Å². The zero-order chi connectivity index (χ0) is 19.3. The quantitative estimate of drug-likeness (QED) is 0.673. The first-order valence-corrected chi connectivity index (χ1v) is 11.2. The third-order valence-electron chi connectivity index (χ3n) is 4.53. The van der Waals surface area contributed by atoms with E-state index in [1.165, 1.54) is 4.68 Å². The van der Waals surface area contributed by atoms with Gasteiger partial charge in [-0.1, -0.05) is 11.6 Å². The standard InChI is InChI=1S/C15H21BrClN5O3S/c1-5-25-9(2)13-18-14(11-10(16)12(17)21(4)19-11)22(20-13)15(3)6-7-26(23,24)8-15/h9H,5-8H2,1-4H3. The Bertz CT molecular complexity index is 941. The van der Waals surface area contributed by atoms with Crippen LogP contribution >= 0.6 is 27.5 Å². The van der Waals surface area contributed by atoms with Crippen LogP contribution in [-0.4, -0.2) is 51.1 Å². The second kappa shape index (κ2) is 6.88. The molecule has 1 aliphatic heterocycles. The number of halogens is 2. The summed E-state index contributed by atoms with van der Waals surface area (Å²) in [5.74, 6) is 1.10. The Balaban J connectivity index is 2.17. The second-order valence-corrected chi connectivity index (χ2v) is 10.1. The minimum atomic E-state index is -3.12. The predicted octanol–water partition coefficient (Wildman–Crippen LogP) is 2.73. The second-order valence-electron chi connectivity index (χ2n) is 6.72. The molecule has 2 atom stereocenters. The van der Waals surface area contributed by atoms with Crippen LogP contribution in [0.15, 0.2) is 4.47 Å². The molecule has 0 spiro atoms. The molecular weight excluding hydrogens is 446 g/mol. The highest BCUT2D eigenvalue weighted by Gasteiger charge is 2.43. The first-order valence-electron chi connectivity index (χ1n) is 8.26. The van der Waals surface area contributed by atoms with E-state index < -0.39 is 15.4 Å². The van der Waals surface area contributed by atoms with Crippen molar-refractivity contribution in [3.05, 3.63) is 15.5 Å². The van der Waals surface area contributed by atoms with Gasteiger partial charge in [0, 0.05) is 13.7 Å². The van der Waals surface area contributed by atoms with Gasteiger partial charge < -0.3 is 4.74 Å². The van der Waals surface area contributed by atoms with Crippen LogP contribution in [0.25, 0.3) is 11.5 Å². The van der Waals surface area contributed by atoms with E-state index in [-0.39, 0.29) is 17.6 Å². The Labute approximate surface area is 165 Å². The summed E-state index contributed by atoms with van der Waals surface area (Å²) in [7, 11) is -1.39. The van der Waals surface area contributed by atoms with E-state index >= 15 is 0 Å². The highest BCUT2D eigenvalue weighted by atomic mass is 79.9. The van der Waals surface area contributed by atoms with E-state index in [0.29, 0.717) is 40.0 Å². The Morgan fingerprint density at radius 2 is 2.12 bits per heavy atom. The molecule has 0 aliphatic carbocycles. The van der Waals surface area contributed by atoms with Crippen molar-refractivity contribution in [3.8, 4) is 11.5 Å². The van der Waals surface area contributed by atoms with Gasteiger partial charge in [0.25, 0.3) is 0 Å². The van der Waals surface area contributed by atoms with Crippen molar-refractivity contribution >= 4 is 37.4 Å². The molecule has 0 aromatic carbocycles. The van der Waals surface area contributed by atoms with Crippen LogP contribution < -0.4 is 0 Å². The highest BCUT2D eigenvalue weighted by Crippen LogP contribution is 2.38. The fraction of sp³-hybridized carbons (Fsp3) is 0.667. The van der Waals surface area contributed by atoms with Crippen molar-refractivity contribution < 1.29 is 13.2 Å². The molecule has 1 saturated heterocycles. The summed E-state index contributed by atoms with van der Waals surface area (Å²) in [6.07, 6.45) is 0.145. The summed E-state index contributed by atoms with van der Waals surface area (Å²) < 4.78 is 33.6. The Morgan fingerprint density at radius 3 is 2.62 bits per heavy atom. The van der Waals surface area contributed by atoms with Crippen LogP contribution in [0.3, 0.4) is 0 Å². The molecule has 144 valence electrons. The average Bonchev–Trinajstić information content (AvgIpc) is 3.19. The lowest BCUT2D eigenvalue weighted by Crippen LogP contribution is -2.33. The van der Waals surface area contributed by atoms with Gasteiger partial charge in [0.05, 0.1) is 21.5 Å². The Morgan fingerprint density at radius 1 is 1.42 bits per heavy atom. The van der Waals surface area contributed by atoms with Gasteiger partial charge in [-0.05, 0) is 43.1 Å². The molecular formula is C15H21BrClN5O3S. The van der Waals surface area contributed by atoms with Crippen molar-refractivity contribution in [2.75, 3.05) is 18.1 Å². The summed E-state index contributed by atoms with van der Waals surface area (Å²) in [5, 5.41) is 9.46. The van der Waals surface area contributed by atoms with Crippen LogP contribution in [0, 0.1) is 0 Å². The molecule has 0 N–H and O–H groups in total. The van der Waals surface area contributed by atoms with Gasteiger partial charge in [-0.2, -0.15) is 10.2 Å². The largest absolute Gasteiger partial charge is 0.371 e. The van der Waals surface area contributed by atoms with Gasteiger partial charge in [0.15, 0.2) is 21.5 Å². The summed E-state index contributed by atoms with van der Waals surface area (Å²) in [6, 6.07) is 0. The topological polar surface area (TPSA) is 91.9 Å². The molecule has 2 aromatic heterocycles. The summed E-state index contributed by atoms with van der Waals surface area (Å²) in [5.41, 5.74) is -0.181. The molecule has 1 fully saturated rings. The molecule has 11 heteroatoms. The maximum absolute atomic E-state index is 12.1. The van der Waals surface area contributed by atoms with Crippen LogP contribution in [0.4, 0.5) is 0 Å². The highest BCUT2D eigenvalue weighted by molar-refractivity contribution is 9.10. The lowest BCUT2D eigenvalue weighted by atomic mass is 10.0. The summed E-state index contributed by atoms with van der Waals surface area (Å²) in [6.45, 7) is 6.16. The number of aromatic nitrogens is 5. The number of nitrogens with zero attached hydrogens (tertiary/aromatic N) is 5. The molecule has 0 amide bonds. The number of hydrogen-bond acceptors (Lipinski definition) is 6. The van der Waals surface area contributed by atoms with E-state index in [4.69, 9.17) is 16.3 Å². The summed E-state index contributed by atoms with van der Waals surface area (Å²) >= 11 is 9.69. The minimum absolute atomic E-state index is 0.0109. The molecule has 3 heterocycles. The Hall–Kier alpha value is -0.970.